The SMILES string of the molecule is CC[C@@H]1C[C@H](C)[C@@H](c2nc3ccc(-c4ccc5c(c4)C(F)(F)c4cc(/C(=C/N=C/[C@@H]6CC7(CC7)CN6C(=O)[C@H](NC(=O)OC)C(C)C)NC)ccc4-5)cc3[nH]2)N1C(=O)[C@H](CCC#N)NC(=O)OC. The number of fused-ring (bicyclic) bond motifs is 4. The molecule has 3 fully saturated rings. The van der Waals surface area contributed by atoms with Gasteiger partial charge >= 0.3 is 12.2 Å². The predicted octanol–water partition coefficient (Wildman–Crippen LogP) is 8.42. The highest BCUT2D eigenvalue weighted by Crippen LogP contribution is 2.55. The highest BCUT2D eigenvalue weighted by Gasteiger charge is 2.54. The summed E-state index contributed by atoms with van der Waals surface area (Å²) < 4.78 is 42.9. The number of carbonyl (C=O) groups is 4. The summed E-state index contributed by atoms with van der Waals surface area (Å²) in [7, 11) is 4.19. The summed E-state index contributed by atoms with van der Waals surface area (Å²) in [5.74, 6) is -3.39. The summed E-state index contributed by atoms with van der Waals surface area (Å²) in [4.78, 5) is 68.8. The standard InChI is InChI=1S/C51H59F2N9O6/c1-8-33-20-29(4)44(62(33)46(63)40(10-9-19-54)59-48(65)67-6)45-57-39-16-13-31(23-41(39)58-45)30-11-14-35-36-15-12-32(22-38(36)51(52,53)37(35)21-30)42(55-5)26-56-25-34-24-50(17-18-50)27-61(34)47(64)43(28(2)3)60-49(66)68-7/h11-16,21-23,25-26,28-29,33-34,40,43-44,55H,8-10,17-18,20,24,27H2,1-7H3,(H,57,58)(H,59,65)(H,60,66)/b42-26-,56-25+/t29-,33+,34-,40-,43+,44-/m0/s1. The first-order valence-corrected chi connectivity index (χ1v) is 23.3. The van der Waals surface area contributed by atoms with Gasteiger partial charge < -0.3 is 40.2 Å². The number of ether oxygens (including phenoxy) is 2. The highest BCUT2D eigenvalue weighted by atomic mass is 19.3. The molecule has 0 radical (unpaired) electrons. The van der Waals surface area contributed by atoms with Crippen LogP contribution < -0.4 is 16.0 Å². The molecule has 2 saturated heterocycles. The fraction of sp³-hybridized carbons (Fsp3) is 0.471. The second kappa shape index (κ2) is 19.0. The summed E-state index contributed by atoms with van der Waals surface area (Å²) in [5.41, 5.74) is 4.38. The Bertz CT molecular complexity index is 2720. The van der Waals surface area contributed by atoms with Crippen LogP contribution in [-0.4, -0.2) is 102 Å². The molecule has 1 aromatic heterocycles. The van der Waals surface area contributed by atoms with Gasteiger partial charge in [-0.15, -0.1) is 0 Å². The second-order valence-electron chi connectivity index (χ2n) is 19.0. The molecule has 4 aromatic rings. The molecule has 15 nitrogen and oxygen atoms in total. The maximum absolute atomic E-state index is 16.7. The average Bonchev–Trinajstić information content (AvgIpc) is 3.55. The molecule has 8 rings (SSSR count). The van der Waals surface area contributed by atoms with E-state index in [1.54, 1.807) is 53.5 Å². The number of alkyl carbamates (subject to hydrolysis) is 2. The molecule has 1 saturated carbocycles. The number of halogens is 2. The van der Waals surface area contributed by atoms with Crippen LogP contribution in [0, 0.1) is 28.6 Å². The summed E-state index contributed by atoms with van der Waals surface area (Å²) in [6, 6.07) is 15.2. The molecule has 17 heteroatoms. The van der Waals surface area contributed by atoms with E-state index in [-0.39, 0.29) is 65.1 Å². The second-order valence-corrected chi connectivity index (χ2v) is 19.0. The minimum atomic E-state index is -3.31. The minimum absolute atomic E-state index is 0.0176. The number of nitrogens with zero attached hydrogens (tertiary/aromatic N) is 5. The number of aromatic amines is 1. The molecule has 4 aliphatic rings. The van der Waals surface area contributed by atoms with E-state index in [1.807, 2.05) is 45.0 Å². The van der Waals surface area contributed by atoms with Crippen molar-refractivity contribution in [2.75, 3.05) is 27.8 Å². The first-order chi connectivity index (χ1) is 32.6. The Hall–Kier alpha value is -6.83. The van der Waals surface area contributed by atoms with Crippen molar-refractivity contribution in [3.05, 3.63) is 83.3 Å². The molecular formula is C51H59F2N9O6. The number of nitrogens with one attached hydrogen (secondary N) is 4. The first kappa shape index (κ1) is 47.7. The van der Waals surface area contributed by atoms with Crippen LogP contribution in [0.5, 0.6) is 0 Å². The summed E-state index contributed by atoms with van der Waals surface area (Å²) in [6.45, 7) is 8.38. The van der Waals surface area contributed by atoms with E-state index in [9.17, 15) is 24.4 Å². The lowest BCUT2D eigenvalue weighted by Crippen LogP contribution is -2.52. The monoisotopic (exact) mass is 931 g/mol. The summed E-state index contributed by atoms with van der Waals surface area (Å²) >= 11 is 0. The van der Waals surface area contributed by atoms with Crippen LogP contribution in [0.3, 0.4) is 0 Å². The highest BCUT2D eigenvalue weighted by molar-refractivity contribution is 5.90. The fourth-order valence-electron chi connectivity index (χ4n) is 10.4. The van der Waals surface area contributed by atoms with Gasteiger partial charge in [-0.3, -0.25) is 14.6 Å². The average molecular weight is 932 g/mol. The van der Waals surface area contributed by atoms with Gasteiger partial charge in [0.25, 0.3) is 5.92 Å². The smallest absolute Gasteiger partial charge is 0.407 e. The number of aliphatic imine (C=N–C) groups is 1. The quantitative estimate of drug-likeness (QED) is 0.0899. The van der Waals surface area contributed by atoms with Gasteiger partial charge in [0, 0.05) is 43.4 Å². The van der Waals surface area contributed by atoms with Crippen LogP contribution in [0.25, 0.3) is 39.0 Å². The Kier molecular flexibility index (Phi) is 13.3. The third-order valence-electron chi connectivity index (χ3n) is 14.3. The number of aromatic nitrogens is 2. The van der Waals surface area contributed by atoms with E-state index in [0.717, 1.165) is 19.3 Å². The number of methoxy groups -OCH3 is 2. The van der Waals surface area contributed by atoms with Crippen LogP contribution in [-0.2, 0) is 25.0 Å². The van der Waals surface area contributed by atoms with Gasteiger partial charge in [0.05, 0.1) is 55.3 Å². The van der Waals surface area contributed by atoms with Crippen molar-refractivity contribution < 1.29 is 37.4 Å². The molecule has 358 valence electrons. The molecule has 4 N–H and O–H groups in total. The van der Waals surface area contributed by atoms with E-state index in [1.165, 1.54) is 20.3 Å². The molecule has 68 heavy (non-hydrogen) atoms. The largest absolute Gasteiger partial charge is 0.453 e. The number of rotatable bonds is 14. The Balaban J connectivity index is 1.02. The third kappa shape index (κ3) is 9.00. The van der Waals surface area contributed by atoms with Gasteiger partial charge in [0.2, 0.25) is 11.8 Å². The van der Waals surface area contributed by atoms with Gasteiger partial charge in [-0.1, -0.05) is 58.0 Å². The number of hydrogen-bond donors (Lipinski definition) is 4. The van der Waals surface area contributed by atoms with Crippen LogP contribution >= 0.6 is 0 Å². The summed E-state index contributed by atoms with van der Waals surface area (Å²) in [5, 5.41) is 17.7. The van der Waals surface area contributed by atoms with E-state index in [4.69, 9.17) is 14.5 Å². The Morgan fingerprint density at radius 1 is 0.985 bits per heavy atom. The fourth-order valence-corrected chi connectivity index (χ4v) is 10.4. The van der Waals surface area contributed by atoms with Crippen LogP contribution in [0.2, 0.25) is 0 Å². The molecule has 0 bridgehead atoms. The van der Waals surface area contributed by atoms with Gasteiger partial charge in [0.1, 0.15) is 17.9 Å². The number of benzene rings is 3. The van der Waals surface area contributed by atoms with Gasteiger partial charge in [-0.25, -0.2) is 14.6 Å². The first-order valence-electron chi connectivity index (χ1n) is 23.3. The van der Waals surface area contributed by atoms with Crippen molar-refractivity contribution in [2.24, 2.45) is 22.2 Å². The number of nitriles is 1. The number of alkyl halides is 2. The van der Waals surface area contributed by atoms with Crippen LogP contribution in [0.15, 0.2) is 65.8 Å². The normalized spacial score (nSPS) is 21.9. The summed E-state index contributed by atoms with van der Waals surface area (Å²) in [6.07, 6.45) is 6.26. The lowest BCUT2D eigenvalue weighted by atomic mass is 9.98. The van der Waals surface area contributed by atoms with Crippen molar-refractivity contribution in [2.45, 2.75) is 109 Å². The molecule has 2 aliphatic heterocycles. The van der Waals surface area contributed by atoms with Crippen molar-refractivity contribution in [1.29, 1.82) is 5.26 Å². The van der Waals surface area contributed by atoms with E-state index < -0.39 is 36.2 Å². The Morgan fingerprint density at radius 2 is 1.66 bits per heavy atom. The Labute approximate surface area is 394 Å². The van der Waals surface area contributed by atoms with Crippen LogP contribution in [0.1, 0.15) is 101 Å². The van der Waals surface area contributed by atoms with Gasteiger partial charge in [-0.05, 0) is 108 Å². The number of likely N-dealkylation sites (tertiary alicyclic amines) is 2. The number of hydrogen-bond acceptors (Lipinski definition) is 10. The van der Waals surface area contributed by atoms with E-state index >= 15 is 8.78 Å². The number of H-pyrrole nitrogens is 1. The van der Waals surface area contributed by atoms with E-state index in [2.05, 4.69) is 38.9 Å². The van der Waals surface area contributed by atoms with Gasteiger partial charge in [0.15, 0.2) is 0 Å². The van der Waals surface area contributed by atoms with Gasteiger partial charge in [-0.2, -0.15) is 14.0 Å². The minimum Gasteiger partial charge on any atom is -0.453 e. The molecule has 1 spiro atoms. The molecule has 6 atom stereocenters. The number of imidazole rings is 1. The molecule has 3 heterocycles. The zero-order valence-corrected chi connectivity index (χ0v) is 39.5. The third-order valence-corrected chi connectivity index (χ3v) is 14.3. The maximum Gasteiger partial charge on any atom is 0.407 e. The number of amides is 4. The zero-order valence-electron chi connectivity index (χ0n) is 39.5. The van der Waals surface area contributed by atoms with Crippen molar-refractivity contribution in [3.63, 3.8) is 0 Å². The topological polar surface area (TPSA) is 194 Å². The predicted molar refractivity (Wildman–Crippen MR) is 253 cm³/mol. The molecule has 0 unspecified atom stereocenters. The lowest BCUT2D eigenvalue weighted by Gasteiger charge is -2.33. The Morgan fingerprint density at radius 3 is 2.32 bits per heavy atom. The van der Waals surface area contributed by atoms with Crippen molar-refractivity contribution in [3.8, 4) is 28.3 Å². The van der Waals surface area contributed by atoms with Crippen molar-refractivity contribution >= 4 is 46.9 Å². The maximum atomic E-state index is 16.7. The molecule has 2 aliphatic carbocycles. The van der Waals surface area contributed by atoms with E-state index in [0.29, 0.717) is 69.8 Å². The number of carbonyl (C=O) groups excluding carboxylic acids is 4. The van der Waals surface area contributed by atoms with Crippen molar-refractivity contribution in [1.82, 2.24) is 35.7 Å². The van der Waals surface area contributed by atoms with Crippen LogP contribution in [0.4, 0.5) is 18.4 Å². The molecule has 4 amide bonds. The molecule has 3 aromatic carbocycles. The lowest BCUT2D eigenvalue weighted by molar-refractivity contribution is -0.137. The molecular weight excluding hydrogens is 873 g/mol. The zero-order chi connectivity index (χ0) is 48.7.